The number of hydrogen-bond acceptors (Lipinski definition) is 2. The smallest absolute Gasteiger partial charge is 0.256 e. The Morgan fingerprint density at radius 3 is 2.75 bits per heavy atom. The zero-order valence-electron chi connectivity index (χ0n) is 8.67. The molecule has 0 aliphatic heterocycles. The third-order valence-electron chi connectivity index (χ3n) is 1.92. The Hall–Kier alpha value is -0.840. The molecule has 90 valence electrons. The van der Waals surface area contributed by atoms with Gasteiger partial charge in [0.25, 0.3) is 5.91 Å². The fourth-order valence-electron chi connectivity index (χ4n) is 1.07. The molecule has 1 aromatic carbocycles. The average molecular weight is 267 g/mol. The molecule has 0 spiro atoms. The minimum absolute atomic E-state index is 0. The van der Waals surface area contributed by atoms with E-state index in [-0.39, 0.29) is 35.6 Å². The zero-order valence-corrected chi connectivity index (χ0v) is 10.2. The summed E-state index contributed by atoms with van der Waals surface area (Å²) in [4.78, 5) is 11.6. The maximum atomic E-state index is 13.3. The first kappa shape index (κ1) is 15.2. The Labute approximate surface area is 105 Å². The van der Waals surface area contributed by atoms with Crippen LogP contribution >= 0.6 is 24.0 Å². The molecular weight excluding hydrogens is 254 g/mol. The van der Waals surface area contributed by atoms with E-state index in [0.717, 1.165) is 0 Å². The molecule has 3 N–H and O–H groups in total. The van der Waals surface area contributed by atoms with Gasteiger partial charge in [-0.2, -0.15) is 0 Å². The van der Waals surface area contributed by atoms with Crippen molar-refractivity contribution in [1.82, 2.24) is 5.32 Å². The van der Waals surface area contributed by atoms with Crippen LogP contribution in [-0.4, -0.2) is 18.5 Å². The van der Waals surface area contributed by atoms with E-state index in [1.807, 2.05) is 0 Å². The second-order valence-electron chi connectivity index (χ2n) is 3.21. The van der Waals surface area contributed by atoms with Crippen molar-refractivity contribution in [3.63, 3.8) is 0 Å². The lowest BCUT2D eigenvalue weighted by molar-refractivity contribution is 0.0937. The van der Waals surface area contributed by atoms with E-state index in [0.29, 0.717) is 0 Å². The highest BCUT2D eigenvalue weighted by Gasteiger charge is 2.16. The molecule has 1 amide bonds. The van der Waals surface area contributed by atoms with E-state index in [9.17, 15) is 9.18 Å². The fraction of sp³-hybridized carbons (Fsp3) is 0.300. The lowest BCUT2D eigenvalue weighted by Gasteiger charge is -2.12. The van der Waals surface area contributed by atoms with Gasteiger partial charge in [-0.15, -0.1) is 12.4 Å². The van der Waals surface area contributed by atoms with Crippen molar-refractivity contribution >= 4 is 29.9 Å². The van der Waals surface area contributed by atoms with Gasteiger partial charge in [-0.1, -0.05) is 17.7 Å². The van der Waals surface area contributed by atoms with Crippen molar-refractivity contribution < 1.29 is 9.18 Å². The van der Waals surface area contributed by atoms with Gasteiger partial charge >= 0.3 is 0 Å². The molecule has 16 heavy (non-hydrogen) atoms. The first-order valence-electron chi connectivity index (χ1n) is 4.51. The Balaban J connectivity index is 0.00000225. The van der Waals surface area contributed by atoms with Gasteiger partial charge in [-0.25, -0.2) is 4.39 Å². The van der Waals surface area contributed by atoms with Crippen LogP contribution in [0.5, 0.6) is 0 Å². The van der Waals surface area contributed by atoms with Crippen LogP contribution in [0.3, 0.4) is 0 Å². The molecule has 1 aromatic rings. The molecule has 1 rings (SSSR count). The molecular formula is C10H13Cl2FN2O. The predicted octanol–water partition coefficient (Wildman–Crippen LogP) is 1.98. The lowest BCUT2D eigenvalue weighted by atomic mass is 10.2. The van der Waals surface area contributed by atoms with E-state index in [1.54, 1.807) is 6.92 Å². The number of halogens is 3. The second kappa shape index (κ2) is 6.68. The van der Waals surface area contributed by atoms with E-state index in [2.05, 4.69) is 5.32 Å². The molecule has 1 atom stereocenters. The third-order valence-corrected chi connectivity index (χ3v) is 2.24. The third kappa shape index (κ3) is 3.63. The summed E-state index contributed by atoms with van der Waals surface area (Å²) < 4.78 is 13.3. The van der Waals surface area contributed by atoms with Crippen molar-refractivity contribution in [2.75, 3.05) is 6.54 Å². The minimum Gasteiger partial charge on any atom is -0.348 e. The first-order valence-corrected chi connectivity index (χ1v) is 4.89. The Morgan fingerprint density at radius 2 is 2.25 bits per heavy atom. The molecule has 0 aliphatic rings. The van der Waals surface area contributed by atoms with Crippen molar-refractivity contribution in [3.8, 4) is 0 Å². The van der Waals surface area contributed by atoms with Gasteiger partial charge in [0, 0.05) is 12.6 Å². The molecule has 0 saturated carbocycles. The Bertz CT molecular complexity index is 354. The van der Waals surface area contributed by atoms with Gasteiger partial charge in [0.2, 0.25) is 0 Å². The summed E-state index contributed by atoms with van der Waals surface area (Å²) in [7, 11) is 0. The molecule has 0 saturated heterocycles. The van der Waals surface area contributed by atoms with Crippen molar-refractivity contribution in [2.45, 2.75) is 13.0 Å². The van der Waals surface area contributed by atoms with E-state index >= 15 is 0 Å². The lowest BCUT2D eigenvalue weighted by Crippen LogP contribution is -2.38. The molecule has 6 heteroatoms. The number of carbonyl (C=O) groups is 1. The average Bonchev–Trinajstić information content (AvgIpc) is 2.17. The van der Waals surface area contributed by atoms with Crippen LogP contribution in [0.1, 0.15) is 17.3 Å². The van der Waals surface area contributed by atoms with Gasteiger partial charge in [0.05, 0.1) is 10.6 Å². The highest BCUT2D eigenvalue weighted by atomic mass is 35.5. The molecule has 0 aromatic heterocycles. The summed E-state index contributed by atoms with van der Waals surface area (Å²) in [6.07, 6.45) is 0. The topological polar surface area (TPSA) is 55.1 Å². The highest BCUT2D eigenvalue weighted by molar-refractivity contribution is 6.33. The molecule has 0 bridgehead atoms. The standard InChI is InChI=1S/C10H12ClFN2O.ClH/c1-6(5-13)14-10(15)9-7(11)3-2-4-8(9)12;/h2-4,6H,5,13H2,1H3,(H,14,15);1H/t6-;/m1./s1. The highest BCUT2D eigenvalue weighted by Crippen LogP contribution is 2.18. The van der Waals surface area contributed by atoms with Crippen LogP contribution in [0.15, 0.2) is 18.2 Å². The van der Waals surface area contributed by atoms with E-state index in [1.165, 1.54) is 18.2 Å². The molecule has 0 radical (unpaired) electrons. The van der Waals surface area contributed by atoms with Crippen molar-refractivity contribution in [2.24, 2.45) is 5.73 Å². The van der Waals surface area contributed by atoms with E-state index < -0.39 is 11.7 Å². The van der Waals surface area contributed by atoms with Gasteiger partial charge < -0.3 is 11.1 Å². The van der Waals surface area contributed by atoms with Crippen molar-refractivity contribution in [3.05, 3.63) is 34.6 Å². The predicted molar refractivity (Wildman–Crippen MR) is 64.6 cm³/mol. The number of rotatable bonds is 3. The van der Waals surface area contributed by atoms with Crippen LogP contribution in [0.2, 0.25) is 5.02 Å². The molecule has 0 heterocycles. The van der Waals surface area contributed by atoms with Gasteiger partial charge in [-0.05, 0) is 19.1 Å². The van der Waals surface area contributed by atoms with Crippen LogP contribution < -0.4 is 11.1 Å². The molecule has 0 unspecified atom stereocenters. The van der Waals surface area contributed by atoms with Gasteiger partial charge in [0.1, 0.15) is 5.82 Å². The van der Waals surface area contributed by atoms with Gasteiger partial charge in [0.15, 0.2) is 0 Å². The summed E-state index contributed by atoms with van der Waals surface area (Å²) in [6.45, 7) is 2.02. The maximum absolute atomic E-state index is 13.3. The van der Waals surface area contributed by atoms with Crippen LogP contribution in [-0.2, 0) is 0 Å². The summed E-state index contributed by atoms with van der Waals surface area (Å²) in [5.41, 5.74) is 5.19. The summed E-state index contributed by atoms with van der Waals surface area (Å²) in [5, 5.41) is 2.63. The number of carbonyl (C=O) groups excluding carboxylic acids is 1. The van der Waals surface area contributed by atoms with E-state index in [4.69, 9.17) is 17.3 Å². The second-order valence-corrected chi connectivity index (χ2v) is 3.61. The SMILES string of the molecule is C[C@H](CN)NC(=O)c1c(F)cccc1Cl.Cl. The summed E-state index contributed by atoms with van der Waals surface area (Å²) in [5.74, 6) is -1.18. The normalized spacial score (nSPS) is 11.5. The number of hydrogen-bond donors (Lipinski definition) is 2. The molecule has 3 nitrogen and oxygen atoms in total. The van der Waals surface area contributed by atoms with Gasteiger partial charge in [-0.3, -0.25) is 4.79 Å². The number of nitrogens with two attached hydrogens (primary N) is 1. The molecule has 0 fully saturated rings. The summed E-state index contributed by atoms with van der Waals surface area (Å²) in [6, 6.07) is 3.88. The first-order chi connectivity index (χ1) is 7.06. The van der Waals surface area contributed by atoms with Crippen LogP contribution in [0.25, 0.3) is 0 Å². The number of nitrogens with one attached hydrogen (secondary N) is 1. The maximum Gasteiger partial charge on any atom is 0.256 e. The number of benzene rings is 1. The zero-order chi connectivity index (χ0) is 11.4. The van der Waals surface area contributed by atoms with Crippen molar-refractivity contribution in [1.29, 1.82) is 0 Å². The largest absolute Gasteiger partial charge is 0.348 e. The fourth-order valence-corrected chi connectivity index (χ4v) is 1.32. The monoisotopic (exact) mass is 266 g/mol. The Morgan fingerprint density at radius 1 is 1.62 bits per heavy atom. The minimum atomic E-state index is -0.635. The molecule has 0 aliphatic carbocycles. The Kier molecular flexibility index (Phi) is 6.33. The number of amides is 1. The van der Waals surface area contributed by atoms with Crippen LogP contribution in [0, 0.1) is 5.82 Å². The summed E-state index contributed by atoms with van der Waals surface area (Å²) >= 11 is 5.72. The quantitative estimate of drug-likeness (QED) is 0.879. The van der Waals surface area contributed by atoms with Crippen LogP contribution in [0.4, 0.5) is 4.39 Å².